The maximum absolute atomic E-state index is 6.01. The van der Waals surface area contributed by atoms with Gasteiger partial charge in [-0.05, 0) is 68.4 Å². The molecule has 4 bridgehead atoms. The van der Waals surface area contributed by atoms with E-state index in [1.807, 2.05) is 28.8 Å². The van der Waals surface area contributed by atoms with Crippen molar-refractivity contribution in [3.05, 3.63) is 35.1 Å². The number of benzene rings is 1. The monoisotopic (exact) mass is 370 g/mol. The molecule has 2 aromatic heterocycles. The third-order valence-electron chi connectivity index (χ3n) is 6.59. The standard InChI is InChI=1S/C19H19ClN4S/c20-15-3-1-14(2-4-15)16-23-24-17(21-22-18(24)25-16)19-8-11-5-12(9-19)7-13(6-11)10-19/h1-4,11-13H,5-10H2. The molecule has 1 aromatic carbocycles. The lowest BCUT2D eigenvalue weighted by atomic mass is 9.49. The maximum Gasteiger partial charge on any atom is 0.235 e. The van der Waals surface area contributed by atoms with Gasteiger partial charge in [-0.3, -0.25) is 0 Å². The Morgan fingerprint density at radius 3 is 2.24 bits per heavy atom. The van der Waals surface area contributed by atoms with Gasteiger partial charge in [0.05, 0.1) is 0 Å². The van der Waals surface area contributed by atoms with Crippen LogP contribution in [0.25, 0.3) is 15.5 Å². The topological polar surface area (TPSA) is 43.1 Å². The van der Waals surface area contributed by atoms with E-state index < -0.39 is 0 Å². The second-order valence-electron chi connectivity index (χ2n) is 8.33. The molecule has 0 saturated heterocycles. The minimum Gasteiger partial charge on any atom is -0.186 e. The van der Waals surface area contributed by atoms with Gasteiger partial charge in [-0.25, -0.2) is 0 Å². The molecule has 0 spiro atoms. The van der Waals surface area contributed by atoms with Gasteiger partial charge in [-0.15, -0.1) is 10.2 Å². The van der Waals surface area contributed by atoms with Gasteiger partial charge in [0.25, 0.3) is 0 Å². The second-order valence-corrected chi connectivity index (χ2v) is 9.72. The molecule has 0 atom stereocenters. The van der Waals surface area contributed by atoms with Crippen molar-refractivity contribution in [2.75, 3.05) is 0 Å². The van der Waals surface area contributed by atoms with Crippen LogP contribution in [0.1, 0.15) is 44.3 Å². The zero-order valence-corrected chi connectivity index (χ0v) is 15.4. The van der Waals surface area contributed by atoms with Gasteiger partial charge >= 0.3 is 0 Å². The van der Waals surface area contributed by atoms with Crippen LogP contribution in [0.15, 0.2) is 24.3 Å². The van der Waals surface area contributed by atoms with Crippen molar-refractivity contribution >= 4 is 27.9 Å². The van der Waals surface area contributed by atoms with E-state index in [0.717, 1.165) is 44.1 Å². The van der Waals surface area contributed by atoms with Crippen LogP contribution in [-0.4, -0.2) is 19.8 Å². The molecule has 0 unspecified atom stereocenters. The van der Waals surface area contributed by atoms with Gasteiger partial charge in [0.1, 0.15) is 5.01 Å². The highest BCUT2D eigenvalue weighted by Gasteiger charge is 2.54. The Hall–Kier alpha value is -1.46. The third-order valence-corrected chi connectivity index (χ3v) is 7.79. The fraction of sp³-hybridized carbons (Fsp3) is 0.526. The van der Waals surface area contributed by atoms with E-state index in [1.54, 1.807) is 11.3 Å². The fourth-order valence-electron chi connectivity index (χ4n) is 6.04. The lowest BCUT2D eigenvalue weighted by molar-refractivity contribution is -0.0103. The molecule has 4 fully saturated rings. The quantitative estimate of drug-likeness (QED) is 0.639. The summed E-state index contributed by atoms with van der Waals surface area (Å²) >= 11 is 7.63. The molecule has 0 radical (unpaired) electrons. The normalized spacial score (nSPS) is 33.4. The Kier molecular flexibility index (Phi) is 2.96. The molecule has 4 saturated carbocycles. The van der Waals surface area contributed by atoms with Crippen LogP contribution in [0.5, 0.6) is 0 Å². The summed E-state index contributed by atoms with van der Waals surface area (Å²) in [5.41, 5.74) is 1.32. The van der Waals surface area contributed by atoms with Gasteiger partial charge in [0.2, 0.25) is 4.96 Å². The van der Waals surface area contributed by atoms with Crippen molar-refractivity contribution < 1.29 is 0 Å². The number of hydrogen-bond acceptors (Lipinski definition) is 4. The average Bonchev–Trinajstić information content (AvgIpc) is 3.14. The summed E-state index contributed by atoms with van der Waals surface area (Å²) < 4.78 is 2.04. The van der Waals surface area contributed by atoms with Crippen LogP contribution in [-0.2, 0) is 5.41 Å². The summed E-state index contributed by atoms with van der Waals surface area (Å²) in [6.45, 7) is 0. The van der Waals surface area contributed by atoms with Crippen molar-refractivity contribution in [3.63, 3.8) is 0 Å². The molecule has 7 rings (SSSR count). The van der Waals surface area contributed by atoms with E-state index >= 15 is 0 Å². The first-order chi connectivity index (χ1) is 12.2. The Bertz CT molecular complexity index is 922. The molecule has 0 N–H and O–H groups in total. The van der Waals surface area contributed by atoms with E-state index in [1.165, 1.54) is 38.5 Å². The first-order valence-corrected chi connectivity index (χ1v) is 10.4. The number of aromatic nitrogens is 4. The zero-order chi connectivity index (χ0) is 16.6. The highest BCUT2D eigenvalue weighted by molar-refractivity contribution is 7.19. The first-order valence-electron chi connectivity index (χ1n) is 9.17. The van der Waals surface area contributed by atoms with Crippen LogP contribution < -0.4 is 0 Å². The van der Waals surface area contributed by atoms with Crippen molar-refractivity contribution in [1.82, 2.24) is 19.8 Å². The highest BCUT2D eigenvalue weighted by Crippen LogP contribution is 2.60. The summed E-state index contributed by atoms with van der Waals surface area (Å²) in [4.78, 5) is 0.913. The van der Waals surface area contributed by atoms with E-state index in [9.17, 15) is 0 Å². The maximum atomic E-state index is 6.01. The van der Waals surface area contributed by atoms with Crippen LogP contribution in [0.4, 0.5) is 0 Å². The molecule has 4 aliphatic carbocycles. The molecule has 6 heteroatoms. The summed E-state index contributed by atoms with van der Waals surface area (Å²) in [6.07, 6.45) is 8.17. The van der Waals surface area contributed by atoms with Gasteiger partial charge in [0.15, 0.2) is 5.82 Å². The first kappa shape index (κ1) is 14.7. The minimum atomic E-state index is 0.222. The van der Waals surface area contributed by atoms with E-state index in [0.29, 0.717) is 0 Å². The molecule has 128 valence electrons. The van der Waals surface area contributed by atoms with Gasteiger partial charge < -0.3 is 0 Å². The Morgan fingerprint density at radius 2 is 1.60 bits per heavy atom. The molecular weight excluding hydrogens is 352 g/mol. The summed E-state index contributed by atoms with van der Waals surface area (Å²) in [6, 6.07) is 7.88. The predicted octanol–water partition coefficient (Wildman–Crippen LogP) is 4.97. The van der Waals surface area contributed by atoms with Crippen LogP contribution in [0.2, 0.25) is 5.02 Å². The molecule has 3 aromatic rings. The van der Waals surface area contributed by atoms with Crippen LogP contribution >= 0.6 is 22.9 Å². The zero-order valence-electron chi connectivity index (χ0n) is 13.9. The summed E-state index contributed by atoms with van der Waals surface area (Å²) in [5.74, 6) is 3.81. The van der Waals surface area contributed by atoms with Crippen molar-refractivity contribution in [2.24, 2.45) is 17.8 Å². The largest absolute Gasteiger partial charge is 0.235 e. The highest BCUT2D eigenvalue weighted by atomic mass is 35.5. The number of rotatable bonds is 2. The van der Waals surface area contributed by atoms with Crippen molar-refractivity contribution in [2.45, 2.75) is 43.9 Å². The molecule has 2 heterocycles. The van der Waals surface area contributed by atoms with Crippen LogP contribution in [0.3, 0.4) is 0 Å². The van der Waals surface area contributed by atoms with Crippen LogP contribution in [0, 0.1) is 17.8 Å². The molecule has 0 aliphatic heterocycles. The lowest BCUT2D eigenvalue weighted by Crippen LogP contribution is -2.49. The van der Waals surface area contributed by atoms with Gasteiger partial charge in [0, 0.05) is 16.0 Å². The molecular formula is C19H19ClN4S. The average molecular weight is 371 g/mol. The van der Waals surface area contributed by atoms with Crippen molar-refractivity contribution in [1.29, 1.82) is 0 Å². The minimum absolute atomic E-state index is 0.222. The molecule has 25 heavy (non-hydrogen) atoms. The van der Waals surface area contributed by atoms with Gasteiger partial charge in [-0.1, -0.05) is 35.1 Å². The third kappa shape index (κ3) is 2.15. The molecule has 4 aliphatic rings. The Labute approximate surface area is 155 Å². The second kappa shape index (κ2) is 5.04. The van der Waals surface area contributed by atoms with Crippen molar-refractivity contribution in [3.8, 4) is 10.6 Å². The van der Waals surface area contributed by atoms with E-state index in [-0.39, 0.29) is 5.41 Å². The smallest absolute Gasteiger partial charge is 0.186 e. The fourth-order valence-corrected chi connectivity index (χ4v) is 7.01. The number of nitrogens with zero attached hydrogens (tertiary/aromatic N) is 4. The summed E-state index contributed by atoms with van der Waals surface area (Å²) in [7, 11) is 0. The molecule has 0 amide bonds. The Morgan fingerprint density at radius 1 is 0.960 bits per heavy atom. The number of hydrogen-bond donors (Lipinski definition) is 0. The predicted molar refractivity (Wildman–Crippen MR) is 99.0 cm³/mol. The Balaban J connectivity index is 1.45. The number of halogens is 1. The summed E-state index contributed by atoms with van der Waals surface area (Å²) in [5, 5.41) is 15.8. The number of fused-ring (bicyclic) bond motifs is 1. The van der Waals surface area contributed by atoms with Gasteiger partial charge in [-0.2, -0.15) is 9.61 Å². The molecule has 4 nitrogen and oxygen atoms in total. The van der Waals surface area contributed by atoms with E-state index in [4.69, 9.17) is 16.7 Å². The SMILES string of the molecule is Clc1ccc(-c2nn3c(C45CC6CC(CC(C6)C4)C5)nnc3s2)cc1. The van der Waals surface area contributed by atoms with E-state index in [2.05, 4.69) is 10.2 Å². The lowest BCUT2D eigenvalue weighted by Gasteiger charge is -2.55.